The molecule has 0 radical (unpaired) electrons. The molecule has 2 amide bonds. The largest absolute Gasteiger partial charge is 0.379 e. The average Bonchev–Trinajstić information content (AvgIpc) is 4.25. The van der Waals surface area contributed by atoms with E-state index in [0.717, 1.165) is 103 Å². The fourth-order valence-corrected chi connectivity index (χ4v) is 10.1. The van der Waals surface area contributed by atoms with E-state index in [1.165, 1.54) is 0 Å². The Morgan fingerprint density at radius 2 is 1.05 bits per heavy atom. The van der Waals surface area contributed by atoms with Crippen molar-refractivity contribution < 1.29 is 14.3 Å². The van der Waals surface area contributed by atoms with Gasteiger partial charge < -0.3 is 30.9 Å². The van der Waals surface area contributed by atoms with Gasteiger partial charge in [-0.25, -0.2) is 9.97 Å². The molecule has 0 aliphatic carbocycles. The number of nitrogens with zero attached hydrogens (tertiary/aromatic N) is 9. The third kappa shape index (κ3) is 12.5. The predicted molar refractivity (Wildman–Crippen MR) is 294 cm³/mol. The van der Waals surface area contributed by atoms with Gasteiger partial charge in [0.2, 0.25) is 0 Å². The van der Waals surface area contributed by atoms with Crippen molar-refractivity contribution in [2.45, 2.75) is 38.0 Å². The van der Waals surface area contributed by atoms with Gasteiger partial charge in [-0.3, -0.25) is 14.5 Å². The standard InChI is InChI=1S/C28H28Cl2N6O2.C24H22Cl2N6O.2ClH/c29-22-6-5-21(24(30)15-22)17-31-27-16-25(33-26-7-9-32-36(26)27)19-1-3-20(4-2-19)28(37)35-10-8-23(18-35)34-11-13-38-14-12-34;25-18-6-5-17(20(26)11-18)13-28-23-12-21(30-22-7-9-29-32(22)23)15-1-3-16(4-2-15)24(33)31-10-8-19(27)14-31;;/h1-7,9,15-16,23,31H,8,10-14,17-18H2;1-7,9,11-12,19,28H,8,10,13-14,27H2;2*1H/t23-;19-;;/m00../s1. The van der Waals surface area contributed by atoms with E-state index < -0.39 is 0 Å². The molecule has 7 heterocycles. The van der Waals surface area contributed by atoms with E-state index in [1.54, 1.807) is 38.5 Å². The minimum atomic E-state index is 0. The van der Waals surface area contributed by atoms with Crippen molar-refractivity contribution >= 4 is 106 Å². The van der Waals surface area contributed by atoms with Crippen LogP contribution in [0.2, 0.25) is 20.1 Å². The second kappa shape index (κ2) is 24.1. The van der Waals surface area contributed by atoms with Gasteiger partial charge in [-0.1, -0.05) is 82.8 Å². The maximum absolute atomic E-state index is 13.2. The van der Waals surface area contributed by atoms with Crippen LogP contribution in [0.5, 0.6) is 0 Å². The number of fused-ring (bicyclic) bond motifs is 2. The zero-order valence-corrected chi connectivity index (χ0v) is 44.0. The van der Waals surface area contributed by atoms with Gasteiger partial charge in [-0.05, 0) is 72.5 Å². The number of anilines is 2. The van der Waals surface area contributed by atoms with Crippen molar-refractivity contribution in [3.8, 4) is 22.5 Å². The Balaban J connectivity index is 0.000000191. The molecule has 4 N–H and O–H groups in total. The minimum Gasteiger partial charge on any atom is -0.379 e. The Morgan fingerprint density at radius 1 is 0.589 bits per heavy atom. The highest BCUT2D eigenvalue weighted by atomic mass is 35.5. The van der Waals surface area contributed by atoms with E-state index in [0.29, 0.717) is 69.1 Å². The Bertz CT molecular complexity index is 3210. The fraction of sp³-hybridized carbons (Fsp3) is 0.269. The average molecular weight is 1110 g/mol. The number of morpholine rings is 1. The Kier molecular flexibility index (Phi) is 17.7. The molecule has 4 aromatic heterocycles. The molecule has 2 atom stereocenters. The second-order valence-electron chi connectivity index (χ2n) is 17.7. The zero-order valence-electron chi connectivity index (χ0n) is 39.3. The van der Waals surface area contributed by atoms with Crippen LogP contribution >= 0.6 is 71.2 Å². The summed E-state index contributed by atoms with van der Waals surface area (Å²) in [6, 6.07) is 34.2. The molecule has 0 bridgehead atoms. The molecule has 3 saturated heterocycles. The molecule has 8 aromatic rings. The first-order valence-electron chi connectivity index (χ1n) is 23.4. The van der Waals surface area contributed by atoms with Crippen molar-refractivity contribution in [3.63, 3.8) is 0 Å². The Labute approximate surface area is 454 Å². The normalized spacial score (nSPS) is 16.7. The summed E-state index contributed by atoms with van der Waals surface area (Å²) in [7, 11) is 0. The monoisotopic (exact) mass is 1100 g/mol. The van der Waals surface area contributed by atoms with Crippen LogP contribution in [0.25, 0.3) is 33.8 Å². The quantitative estimate of drug-likeness (QED) is 0.113. The number of hydrogen-bond donors (Lipinski definition) is 3. The van der Waals surface area contributed by atoms with Crippen LogP contribution in [-0.2, 0) is 17.8 Å². The number of carbonyl (C=O) groups excluding carboxylic acids is 2. The summed E-state index contributed by atoms with van der Waals surface area (Å²) < 4.78 is 8.96. The lowest BCUT2D eigenvalue weighted by molar-refractivity contribution is 0.0185. The van der Waals surface area contributed by atoms with Crippen LogP contribution in [0.4, 0.5) is 11.6 Å². The number of nitrogens with one attached hydrogen (secondary N) is 2. The fourth-order valence-electron chi connectivity index (χ4n) is 9.15. The van der Waals surface area contributed by atoms with Gasteiger partial charge in [-0.2, -0.15) is 19.2 Å². The topological polar surface area (TPSA) is 164 Å². The first-order valence-corrected chi connectivity index (χ1v) is 25.0. The molecule has 4 aromatic carbocycles. The van der Waals surface area contributed by atoms with Gasteiger partial charge in [0.15, 0.2) is 11.3 Å². The molecule has 3 fully saturated rings. The molecule has 3 aliphatic rings. The van der Waals surface area contributed by atoms with Crippen molar-refractivity contribution in [1.82, 2.24) is 43.9 Å². The Hall–Kier alpha value is -5.72. The van der Waals surface area contributed by atoms with E-state index in [2.05, 4.69) is 25.7 Å². The van der Waals surface area contributed by atoms with Gasteiger partial charge in [0.05, 0.1) is 37.0 Å². The van der Waals surface area contributed by atoms with Crippen molar-refractivity contribution in [1.29, 1.82) is 0 Å². The van der Waals surface area contributed by atoms with Crippen LogP contribution in [0, 0.1) is 0 Å². The highest BCUT2D eigenvalue weighted by Crippen LogP contribution is 2.29. The van der Waals surface area contributed by atoms with Gasteiger partial charge in [0, 0.05) is 131 Å². The number of benzene rings is 4. The SMILES string of the molecule is Cl.Cl.N[C@H]1CCN(C(=O)c2ccc(-c3cc(NCc4ccc(Cl)cc4Cl)n4nccc4n3)cc2)C1.O=C(c1ccc(-c2cc(NCc3ccc(Cl)cc3Cl)n3nccc3n2)cc1)N1CC[C@H](N2CCOCC2)C1. The summed E-state index contributed by atoms with van der Waals surface area (Å²) >= 11 is 24.7. The van der Waals surface area contributed by atoms with E-state index in [1.807, 2.05) is 102 Å². The zero-order chi connectivity index (χ0) is 49.0. The number of likely N-dealkylation sites (tertiary alicyclic amines) is 2. The van der Waals surface area contributed by atoms with Crippen LogP contribution in [0.3, 0.4) is 0 Å². The number of halogens is 6. The molecule has 21 heteroatoms. The molecule has 0 saturated carbocycles. The molecule has 0 spiro atoms. The maximum Gasteiger partial charge on any atom is 0.253 e. The van der Waals surface area contributed by atoms with E-state index in [4.69, 9.17) is 66.8 Å². The molecule has 15 nitrogen and oxygen atoms in total. The number of ether oxygens (including phenoxy) is 1. The van der Waals surface area contributed by atoms with Crippen molar-refractivity contribution in [2.75, 3.05) is 63.1 Å². The summed E-state index contributed by atoms with van der Waals surface area (Å²) in [5.74, 6) is 1.65. The summed E-state index contributed by atoms with van der Waals surface area (Å²) in [6.45, 7) is 7.30. The second-order valence-corrected chi connectivity index (χ2v) is 19.4. The first kappa shape index (κ1) is 53.6. The lowest BCUT2D eigenvalue weighted by Crippen LogP contribution is -2.45. The predicted octanol–water partition coefficient (Wildman–Crippen LogP) is 10.2. The van der Waals surface area contributed by atoms with Crippen LogP contribution in [0.1, 0.15) is 44.7 Å². The van der Waals surface area contributed by atoms with E-state index in [-0.39, 0.29) is 42.7 Å². The number of carbonyl (C=O) groups is 2. The third-order valence-corrected chi connectivity index (χ3v) is 14.2. The lowest BCUT2D eigenvalue weighted by atomic mass is 10.1. The Morgan fingerprint density at radius 3 is 1.51 bits per heavy atom. The molecular formula is C52H52Cl6N12O3. The van der Waals surface area contributed by atoms with Crippen LogP contribution in [-0.4, -0.2) is 120 Å². The molecule has 380 valence electrons. The molecule has 11 rings (SSSR count). The van der Waals surface area contributed by atoms with Gasteiger partial charge >= 0.3 is 0 Å². The molecular weight excluding hydrogens is 1050 g/mol. The van der Waals surface area contributed by atoms with E-state index in [9.17, 15) is 9.59 Å². The summed E-state index contributed by atoms with van der Waals surface area (Å²) in [5.41, 5.74) is 13.9. The summed E-state index contributed by atoms with van der Waals surface area (Å²) in [6.07, 6.45) is 5.27. The van der Waals surface area contributed by atoms with Crippen LogP contribution in [0.15, 0.2) is 122 Å². The first-order chi connectivity index (χ1) is 34.5. The number of aromatic nitrogens is 6. The lowest BCUT2D eigenvalue weighted by Gasteiger charge is -2.32. The highest BCUT2D eigenvalue weighted by molar-refractivity contribution is 6.35. The molecule has 73 heavy (non-hydrogen) atoms. The number of amides is 2. The van der Waals surface area contributed by atoms with Gasteiger partial charge in [-0.15, -0.1) is 24.8 Å². The summed E-state index contributed by atoms with van der Waals surface area (Å²) in [5, 5.41) is 18.0. The maximum atomic E-state index is 13.2. The number of rotatable bonds is 11. The smallest absolute Gasteiger partial charge is 0.253 e. The number of hydrogen-bond acceptors (Lipinski definition) is 11. The van der Waals surface area contributed by atoms with Gasteiger partial charge in [0.1, 0.15) is 11.6 Å². The molecule has 3 aliphatic heterocycles. The molecule has 0 unspecified atom stereocenters. The van der Waals surface area contributed by atoms with E-state index >= 15 is 0 Å². The van der Waals surface area contributed by atoms with Crippen molar-refractivity contribution in [3.05, 3.63) is 164 Å². The number of nitrogens with two attached hydrogens (primary N) is 1. The summed E-state index contributed by atoms with van der Waals surface area (Å²) in [4.78, 5) is 41.6. The highest BCUT2D eigenvalue weighted by Gasteiger charge is 2.32. The van der Waals surface area contributed by atoms with Crippen LogP contribution < -0.4 is 16.4 Å². The van der Waals surface area contributed by atoms with Crippen molar-refractivity contribution in [2.24, 2.45) is 5.73 Å². The van der Waals surface area contributed by atoms with Gasteiger partial charge in [0.25, 0.3) is 11.8 Å². The third-order valence-electron chi connectivity index (χ3n) is 13.0. The minimum absolute atomic E-state index is 0.